The summed E-state index contributed by atoms with van der Waals surface area (Å²) >= 11 is 0. The summed E-state index contributed by atoms with van der Waals surface area (Å²) in [6.07, 6.45) is 3.04. The number of rotatable bonds is 6. The fourth-order valence-corrected chi connectivity index (χ4v) is 4.33. The minimum absolute atomic E-state index is 0.0542. The molecule has 9 nitrogen and oxygen atoms in total. The van der Waals surface area contributed by atoms with Crippen molar-refractivity contribution in [2.24, 2.45) is 0 Å². The molecule has 0 radical (unpaired) electrons. The number of para-hydroxylation sites is 1. The van der Waals surface area contributed by atoms with Crippen molar-refractivity contribution in [3.05, 3.63) is 107 Å². The zero-order valence-electron chi connectivity index (χ0n) is 20.2. The highest BCUT2D eigenvalue weighted by Gasteiger charge is 2.20. The molecule has 3 heterocycles. The Labute approximate surface area is 213 Å². The molecule has 0 fully saturated rings. The number of ether oxygens (including phenoxy) is 1. The number of aromatic nitrogens is 4. The van der Waals surface area contributed by atoms with E-state index in [2.05, 4.69) is 25.1 Å². The first-order valence-electron chi connectivity index (χ1n) is 11.5. The van der Waals surface area contributed by atoms with Gasteiger partial charge in [-0.2, -0.15) is 0 Å². The maximum atomic E-state index is 14.2. The van der Waals surface area contributed by atoms with Crippen LogP contribution >= 0.6 is 0 Å². The Hall–Kier alpha value is -5.23. The molecule has 3 aromatic heterocycles. The molecule has 0 amide bonds. The van der Waals surface area contributed by atoms with Crippen LogP contribution < -0.4 is 21.3 Å². The van der Waals surface area contributed by atoms with Crippen molar-refractivity contribution in [3.8, 4) is 22.7 Å². The molecule has 0 spiro atoms. The van der Waals surface area contributed by atoms with Crippen LogP contribution in [0.4, 0.5) is 17.5 Å². The molecule has 0 aliphatic heterocycles. The molecule has 0 unspecified atom stereocenters. The number of pyridine rings is 2. The molecule has 5 rings (SSSR count). The highest BCUT2D eigenvalue weighted by atomic mass is 16.5. The van der Waals surface area contributed by atoms with Gasteiger partial charge in [0.05, 0.1) is 25.1 Å². The summed E-state index contributed by atoms with van der Waals surface area (Å²) in [7, 11) is 1.56. The Bertz CT molecular complexity index is 1710. The number of hydrogen-bond acceptors (Lipinski definition) is 7. The van der Waals surface area contributed by atoms with E-state index in [-0.39, 0.29) is 17.2 Å². The van der Waals surface area contributed by atoms with Crippen molar-refractivity contribution in [2.75, 3.05) is 18.2 Å². The highest BCUT2D eigenvalue weighted by molar-refractivity contribution is 5.96. The van der Waals surface area contributed by atoms with Gasteiger partial charge in [-0.15, -0.1) is 0 Å². The number of nitrogen functional groups attached to an aromatic ring is 1. The number of hydrogen-bond donors (Lipinski definition) is 2. The lowest BCUT2D eigenvalue weighted by Crippen LogP contribution is -2.26. The molecular formula is C28H23N7O2. The van der Waals surface area contributed by atoms with Gasteiger partial charge in [-0.1, -0.05) is 36.4 Å². The fraction of sp³-hybridized carbons (Fsp3) is 0.107. The normalized spacial score (nSPS) is 11.6. The van der Waals surface area contributed by atoms with Gasteiger partial charge in [-0.05, 0) is 47.7 Å². The third-order valence-electron chi connectivity index (χ3n) is 6.05. The Morgan fingerprint density at radius 1 is 1.08 bits per heavy atom. The van der Waals surface area contributed by atoms with E-state index in [1.807, 2.05) is 73.7 Å². The summed E-state index contributed by atoms with van der Waals surface area (Å²) in [5.74, 6) is 0.824. The third-order valence-corrected chi connectivity index (χ3v) is 6.05. The van der Waals surface area contributed by atoms with Gasteiger partial charge < -0.3 is 15.8 Å². The monoisotopic (exact) mass is 489 g/mol. The maximum absolute atomic E-state index is 14.2. The predicted octanol–water partition coefficient (Wildman–Crippen LogP) is 5.16. The summed E-state index contributed by atoms with van der Waals surface area (Å²) in [5, 5.41) is 4.60. The second-order valence-electron chi connectivity index (χ2n) is 8.34. The van der Waals surface area contributed by atoms with E-state index in [4.69, 9.17) is 17.0 Å². The number of benzene rings is 2. The predicted molar refractivity (Wildman–Crippen MR) is 144 cm³/mol. The van der Waals surface area contributed by atoms with Crippen molar-refractivity contribution >= 4 is 28.2 Å². The van der Waals surface area contributed by atoms with E-state index in [0.717, 1.165) is 16.5 Å². The second-order valence-corrected chi connectivity index (χ2v) is 8.34. The Morgan fingerprint density at radius 3 is 2.65 bits per heavy atom. The van der Waals surface area contributed by atoms with Crippen LogP contribution in [0.25, 0.3) is 32.4 Å². The average Bonchev–Trinajstić information content (AvgIpc) is 2.93. The zero-order chi connectivity index (χ0) is 25.9. The minimum Gasteiger partial charge on any atom is -0.481 e. The lowest BCUT2D eigenvalue weighted by atomic mass is 9.98. The topological polar surface area (TPSA) is 112 Å². The molecule has 0 bridgehead atoms. The van der Waals surface area contributed by atoms with Crippen LogP contribution in [0.5, 0.6) is 5.88 Å². The third kappa shape index (κ3) is 4.44. The largest absolute Gasteiger partial charge is 0.481 e. The second kappa shape index (κ2) is 9.79. The first-order valence-corrected chi connectivity index (χ1v) is 11.5. The highest BCUT2D eigenvalue weighted by Crippen LogP contribution is 2.32. The molecular weight excluding hydrogens is 466 g/mol. The van der Waals surface area contributed by atoms with Crippen molar-refractivity contribution in [1.82, 2.24) is 19.5 Å². The van der Waals surface area contributed by atoms with Gasteiger partial charge in [-0.25, -0.2) is 19.8 Å². The van der Waals surface area contributed by atoms with E-state index >= 15 is 0 Å². The van der Waals surface area contributed by atoms with Gasteiger partial charge in [0.2, 0.25) is 17.5 Å². The van der Waals surface area contributed by atoms with Crippen LogP contribution in [-0.2, 0) is 0 Å². The lowest BCUT2D eigenvalue weighted by molar-refractivity contribution is 0.398. The summed E-state index contributed by atoms with van der Waals surface area (Å²) in [4.78, 5) is 30.0. The number of nitrogens with one attached hydrogen (secondary N) is 1. The summed E-state index contributed by atoms with van der Waals surface area (Å²) in [6, 6.07) is 20.4. The number of anilines is 2. The molecule has 0 aliphatic carbocycles. The van der Waals surface area contributed by atoms with E-state index in [9.17, 15) is 4.79 Å². The van der Waals surface area contributed by atoms with Crippen LogP contribution in [0.3, 0.4) is 0 Å². The fourth-order valence-electron chi connectivity index (χ4n) is 4.33. The van der Waals surface area contributed by atoms with Crippen molar-refractivity contribution in [2.45, 2.75) is 13.0 Å². The molecule has 9 heteroatoms. The van der Waals surface area contributed by atoms with Gasteiger partial charge in [0.15, 0.2) is 0 Å². The number of nitrogens with two attached hydrogens (primary N) is 1. The smallest absolute Gasteiger partial charge is 0.263 e. The molecule has 3 N–H and O–H groups in total. The van der Waals surface area contributed by atoms with Gasteiger partial charge in [0.1, 0.15) is 5.82 Å². The molecule has 0 aliphatic rings. The Balaban J connectivity index is 1.74. The van der Waals surface area contributed by atoms with E-state index in [0.29, 0.717) is 28.5 Å². The average molecular weight is 490 g/mol. The number of methoxy groups -OCH3 is 1. The van der Waals surface area contributed by atoms with Crippen molar-refractivity contribution in [1.29, 1.82) is 0 Å². The SMILES string of the molecule is [C-]#[N+]c1cnc(N)nc1N[C@@H](C)c1cc2cccc(-c3ccnc(OC)c3)c2c(=O)n1-c1ccccc1. The first-order chi connectivity index (χ1) is 18.0. The maximum Gasteiger partial charge on any atom is 0.263 e. The molecule has 5 aromatic rings. The quantitative estimate of drug-likeness (QED) is 0.317. The molecule has 37 heavy (non-hydrogen) atoms. The number of nitrogens with zero attached hydrogens (tertiary/aromatic N) is 5. The van der Waals surface area contributed by atoms with Crippen molar-refractivity contribution in [3.63, 3.8) is 0 Å². The van der Waals surface area contributed by atoms with Crippen molar-refractivity contribution < 1.29 is 4.74 Å². The number of fused-ring (bicyclic) bond motifs is 1. The standard InChI is InChI=1S/C28H23N7O2/c1-17(33-26-22(30-2)16-32-28(29)34-26)23-14-19-8-7-11-21(18-12-13-31-24(15-18)37-3)25(19)27(36)35(23)20-9-5-4-6-10-20/h4-17H,1,3H3,(H3,29,32,33,34)/t17-/m0/s1. The first kappa shape index (κ1) is 23.5. The molecule has 0 saturated carbocycles. The van der Waals surface area contributed by atoms with Gasteiger partial charge in [0, 0.05) is 29.8 Å². The van der Waals surface area contributed by atoms with Crippen LogP contribution in [0, 0.1) is 6.57 Å². The zero-order valence-corrected chi connectivity index (χ0v) is 20.2. The summed E-state index contributed by atoms with van der Waals surface area (Å²) in [6.45, 7) is 9.36. The van der Waals surface area contributed by atoms with E-state index in [1.54, 1.807) is 17.9 Å². The molecule has 182 valence electrons. The van der Waals surface area contributed by atoms with Crippen LogP contribution in [0.15, 0.2) is 83.9 Å². The summed E-state index contributed by atoms with van der Waals surface area (Å²) < 4.78 is 6.99. The lowest BCUT2D eigenvalue weighted by Gasteiger charge is -2.22. The van der Waals surface area contributed by atoms with Crippen LogP contribution in [-0.4, -0.2) is 26.6 Å². The van der Waals surface area contributed by atoms with E-state index < -0.39 is 6.04 Å². The van der Waals surface area contributed by atoms with E-state index in [1.165, 1.54) is 6.20 Å². The van der Waals surface area contributed by atoms with Gasteiger partial charge in [-0.3, -0.25) is 9.36 Å². The van der Waals surface area contributed by atoms with Crippen LogP contribution in [0.1, 0.15) is 18.7 Å². The molecule has 1 atom stereocenters. The van der Waals surface area contributed by atoms with Crippen LogP contribution in [0.2, 0.25) is 0 Å². The van der Waals surface area contributed by atoms with Gasteiger partial charge in [0.25, 0.3) is 5.56 Å². The Kier molecular flexibility index (Phi) is 6.22. The Morgan fingerprint density at radius 2 is 1.89 bits per heavy atom. The van der Waals surface area contributed by atoms with Gasteiger partial charge >= 0.3 is 0 Å². The molecule has 2 aromatic carbocycles. The summed E-state index contributed by atoms with van der Waals surface area (Å²) in [5.41, 5.74) is 8.85. The minimum atomic E-state index is -0.406. The molecule has 0 saturated heterocycles.